The summed E-state index contributed by atoms with van der Waals surface area (Å²) in [6.07, 6.45) is 0.889. The minimum Gasteiger partial charge on any atom is -0.444 e. The van der Waals surface area contributed by atoms with Crippen LogP contribution in [0.25, 0.3) is 0 Å². The van der Waals surface area contributed by atoms with Gasteiger partial charge in [-0.25, -0.2) is 9.78 Å². The van der Waals surface area contributed by atoms with Crippen molar-refractivity contribution in [2.45, 2.75) is 26.4 Å². The topological polar surface area (TPSA) is 80.3 Å². The molecule has 0 radical (unpaired) electrons. The highest BCUT2D eigenvalue weighted by Crippen LogP contribution is 2.23. The van der Waals surface area contributed by atoms with Crippen LogP contribution in [0.3, 0.4) is 0 Å². The molecule has 2 amide bonds. The van der Waals surface area contributed by atoms with E-state index in [1.807, 2.05) is 0 Å². The van der Waals surface area contributed by atoms with Gasteiger partial charge < -0.3 is 10.1 Å². The van der Waals surface area contributed by atoms with Crippen LogP contribution in [0.4, 0.5) is 16.2 Å². The third-order valence-electron chi connectivity index (χ3n) is 2.81. The van der Waals surface area contributed by atoms with Crippen LogP contribution < -0.4 is 10.6 Å². The van der Waals surface area contributed by atoms with E-state index in [1.165, 1.54) is 6.20 Å². The Balaban J connectivity index is 2.16. The molecule has 6 nitrogen and oxygen atoms in total. The fourth-order valence-corrected chi connectivity index (χ4v) is 2.06. The standard InChI is InChI=1S/C17H18ClN3O3/c1-17(2,3)24-16(23)21-13-9-5-4-8-12(13)20-15(22)11-7-6-10-19-14(11)18/h4-10H,1-3H3,(H,20,22)(H,21,23). The lowest BCUT2D eigenvalue weighted by molar-refractivity contribution is 0.0635. The number of halogens is 1. The quantitative estimate of drug-likeness (QED) is 0.809. The Bertz CT molecular complexity index is 757. The van der Waals surface area contributed by atoms with Gasteiger partial charge in [0, 0.05) is 6.20 Å². The summed E-state index contributed by atoms with van der Waals surface area (Å²) in [5.74, 6) is -0.425. The maximum Gasteiger partial charge on any atom is 0.412 e. The van der Waals surface area contributed by atoms with E-state index in [0.29, 0.717) is 11.4 Å². The number of rotatable bonds is 3. The second-order valence-electron chi connectivity index (χ2n) is 5.97. The molecule has 0 aliphatic carbocycles. The average molecular weight is 348 g/mol. The zero-order valence-electron chi connectivity index (χ0n) is 13.6. The zero-order chi connectivity index (χ0) is 17.7. The predicted octanol–water partition coefficient (Wildman–Crippen LogP) is 4.33. The number of carbonyl (C=O) groups is 2. The first-order chi connectivity index (χ1) is 11.3. The van der Waals surface area contributed by atoms with Gasteiger partial charge in [0.25, 0.3) is 5.91 Å². The van der Waals surface area contributed by atoms with Crippen LogP contribution in [0.1, 0.15) is 31.1 Å². The fourth-order valence-electron chi connectivity index (χ4n) is 1.86. The van der Waals surface area contributed by atoms with E-state index in [4.69, 9.17) is 16.3 Å². The Morgan fingerprint density at radius 3 is 2.25 bits per heavy atom. The SMILES string of the molecule is CC(C)(C)OC(=O)Nc1ccccc1NC(=O)c1cccnc1Cl. The number of hydrogen-bond donors (Lipinski definition) is 2. The number of aromatic nitrogens is 1. The number of ether oxygens (including phenoxy) is 1. The maximum atomic E-state index is 12.3. The van der Waals surface area contributed by atoms with Crippen LogP contribution in [0.15, 0.2) is 42.6 Å². The largest absolute Gasteiger partial charge is 0.444 e. The first-order valence-corrected chi connectivity index (χ1v) is 7.65. The average Bonchev–Trinajstić information content (AvgIpc) is 2.47. The van der Waals surface area contributed by atoms with Gasteiger partial charge in [0.1, 0.15) is 10.8 Å². The van der Waals surface area contributed by atoms with Crippen LogP contribution in [0, 0.1) is 0 Å². The molecule has 126 valence electrons. The summed E-state index contributed by atoms with van der Waals surface area (Å²) in [6, 6.07) is 9.97. The minimum atomic E-state index is -0.620. The second-order valence-corrected chi connectivity index (χ2v) is 6.33. The number of pyridine rings is 1. The van der Waals surface area contributed by atoms with E-state index in [0.717, 1.165) is 0 Å². The molecule has 2 rings (SSSR count). The lowest BCUT2D eigenvalue weighted by Gasteiger charge is -2.20. The summed E-state index contributed by atoms with van der Waals surface area (Å²) >= 11 is 5.92. The molecular formula is C17H18ClN3O3. The maximum absolute atomic E-state index is 12.3. The normalized spacial score (nSPS) is 10.8. The zero-order valence-corrected chi connectivity index (χ0v) is 14.3. The monoisotopic (exact) mass is 347 g/mol. The third-order valence-corrected chi connectivity index (χ3v) is 3.12. The van der Waals surface area contributed by atoms with Gasteiger partial charge in [-0.05, 0) is 45.0 Å². The van der Waals surface area contributed by atoms with E-state index in [9.17, 15) is 9.59 Å². The van der Waals surface area contributed by atoms with Gasteiger partial charge in [0.15, 0.2) is 0 Å². The molecule has 24 heavy (non-hydrogen) atoms. The predicted molar refractivity (Wildman–Crippen MR) is 93.5 cm³/mol. The first-order valence-electron chi connectivity index (χ1n) is 7.27. The van der Waals surface area contributed by atoms with Gasteiger partial charge >= 0.3 is 6.09 Å². The van der Waals surface area contributed by atoms with Crippen molar-refractivity contribution in [2.24, 2.45) is 0 Å². The Kier molecular flexibility index (Phi) is 5.41. The molecule has 1 aromatic carbocycles. The van der Waals surface area contributed by atoms with Crippen molar-refractivity contribution in [3.63, 3.8) is 0 Å². The van der Waals surface area contributed by atoms with Crippen molar-refractivity contribution in [3.8, 4) is 0 Å². The minimum absolute atomic E-state index is 0.104. The molecule has 0 fully saturated rings. The molecule has 0 aliphatic heterocycles. The van der Waals surface area contributed by atoms with Crippen molar-refractivity contribution in [1.29, 1.82) is 0 Å². The molecule has 7 heteroatoms. The number of hydrogen-bond acceptors (Lipinski definition) is 4. The molecule has 0 unspecified atom stereocenters. The van der Waals surface area contributed by atoms with Crippen LogP contribution in [0.2, 0.25) is 5.15 Å². The molecule has 0 saturated heterocycles. The van der Waals surface area contributed by atoms with Crippen LogP contribution in [0.5, 0.6) is 0 Å². The molecule has 2 aromatic rings. The number of amides is 2. The highest BCUT2D eigenvalue weighted by Gasteiger charge is 2.18. The number of anilines is 2. The van der Waals surface area contributed by atoms with Crippen molar-refractivity contribution >= 4 is 35.0 Å². The van der Waals surface area contributed by atoms with E-state index >= 15 is 0 Å². The van der Waals surface area contributed by atoms with Gasteiger partial charge in [-0.2, -0.15) is 0 Å². The first kappa shape index (κ1) is 17.7. The van der Waals surface area contributed by atoms with E-state index in [2.05, 4.69) is 15.6 Å². The van der Waals surface area contributed by atoms with Crippen LogP contribution in [-0.4, -0.2) is 22.6 Å². The molecule has 1 heterocycles. The molecule has 2 N–H and O–H groups in total. The van der Waals surface area contributed by atoms with Gasteiger partial charge in [-0.3, -0.25) is 10.1 Å². The molecule has 0 bridgehead atoms. The highest BCUT2D eigenvalue weighted by atomic mass is 35.5. The van der Waals surface area contributed by atoms with E-state index in [1.54, 1.807) is 57.2 Å². The highest BCUT2D eigenvalue weighted by molar-refractivity contribution is 6.33. The van der Waals surface area contributed by atoms with Crippen molar-refractivity contribution in [3.05, 3.63) is 53.3 Å². The van der Waals surface area contributed by atoms with Crippen molar-refractivity contribution in [1.82, 2.24) is 4.98 Å². The number of benzene rings is 1. The van der Waals surface area contributed by atoms with Gasteiger partial charge in [0.2, 0.25) is 0 Å². The summed E-state index contributed by atoms with van der Waals surface area (Å²) in [5, 5.41) is 5.42. The van der Waals surface area contributed by atoms with E-state index in [-0.39, 0.29) is 10.7 Å². The summed E-state index contributed by atoms with van der Waals surface area (Å²) < 4.78 is 5.21. The molecule has 1 aromatic heterocycles. The number of nitrogens with one attached hydrogen (secondary N) is 2. The third kappa shape index (κ3) is 4.96. The Morgan fingerprint density at radius 1 is 1.04 bits per heavy atom. The summed E-state index contributed by atoms with van der Waals surface area (Å²) in [4.78, 5) is 28.1. The summed E-state index contributed by atoms with van der Waals surface area (Å²) in [7, 11) is 0. The van der Waals surface area contributed by atoms with Crippen molar-refractivity contribution in [2.75, 3.05) is 10.6 Å². The van der Waals surface area contributed by atoms with Crippen molar-refractivity contribution < 1.29 is 14.3 Å². The Hall–Kier alpha value is -2.60. The Labute approximate surface area is 145 Å². The van der Waals surface area contributed by atoms with Crippen LogP contribution in [-0.2, 0) is 4.74 Å². The summed E-state index contributed by atoms with van der Waals surface area (Å²) in [5.41, 5.74) is 0.463. The van der Waals surface area contributed by atoms with Crippen LogP contribution >= 0.6 is 11.6 Å². The number of para-hydroxylation sites is 2. The Morgan fingerprint density at radius 2 is 1.67 bits per heavy atom. The molecule has 0 atom stereocenters. The molecule has 0 saturated carbocycles. The smallest absolute Gasteiger partial charge is 0.412 e. The second kappa shape index (κ2) is 7.31. The summed E-state index contributed by atoms with van der Waals surface area (Å²) in [6.45, 7) is 5.31. The molecular weight excluding hydrogens is 330 g/mol. The van der Waals surface area contributed by atoms with Gasteiger partial charge in [-0.15, -0.1) is 0 Å². The lowest BCUT2D eigenvalue weighted by Crippen LogP contribution is -2.27. The number of carbonyl (C=O) groups excluding carboxylic acids is 2. The van der Waals surface area contributed by atoms with Gasteiger partial charge in [-0.1, -0.05) is 23.7 Å². The fraction of sp³-hybridized carbons (Fsp3) is 0.235. The lowest BCUT2D eigenvalue weighted by atomic mass is 10.2. The van der Waals surface area contributed by atoms with Gasteiger partial charge in [0.05, 0.1) is 16.9 Å². The number of nitrogens with zero attached hydrogens (tertiary/aromatic N) is 1. The van der Waals surface area contributed by atoms with E-state index < -0.39 is 17.6 Å². The molecule has 0 aliphatic rings. The molecule has 0 spiro atoms.